The lowest BCUT2D eigenvalue weighted by atomic mass is 10.2. The van der Waals surface area contributed by atoms with Gasteiger partial charge in [-0.25, -0.2) is 4.98 Å². The maximum Gasteiger partial charge on any atom is 0.303 e. The van der Waals surface area contributed by atoms with Gasteiger partial charge in [0, 0.05) is 18.2 Å². The Bertz CT molecular complexity index is 1130. The van der Waals surface area contributed by atoms with Crippen LogP contribution in [0, 0.1) is 6.92 Å². The van der Waals surface area contributed by atoms with Crippen molar-refractivity contribution in [3.8, 4) is 22.1 Å². The van der Waals surface area contributed by atoms with Gasteiger partial charge >= 0.3 is 5.97 Å². The summed E-state index contributed by atoms with van der Waals surface area (Å²) in [6, 6.07) is 18.6. The molecule has 2 aromatic carbocycles. The summed E-state index contributed by atoms with van der Waals surface area (Å²) in [6.45, 7) is 2.65. The highest BCUT2D eigenvalue weighted by Crippen LogP contribution is 2.33. The highest BCUT2D eigenvalue weighted by atomic mass is 32.1. The van der Waals surface area contributed by atoms with Crippen molar-refractivity contribution in [2.75, 3.05) is 6.61 Å². The number of hydrogen-bond acceptors (Lipinski definition) is 4. The van der Waals surface area contributed by atoms with Gasteiger partial charge in [-0.3, -0.25) is 9.36 Å². The molecule has 0 aliphatic heterocycles. The molecule has 4 rings (SSSR count). The smallest absolute Gasteiger partial charge is 0.303 e. The summed E-state index contributed by atoms with van der Waals surface area (Å²) in [4.78, 5) is 16.6. The van der Waals surface area contributed by atoms with E-state index in [1.165, 1.54) is 5.56 Å². The average Bonchev–Trinajstić information content (AvgIpc) is 3.38. The molecule has 0 saturated heterocycles. The summed E-state index contributed by atoms with van der Waals surface area (Å²) < 4.78 is 8.13. The van der Waals surface area contributed by atoms with Crippen molar-refractivity contribution in [2.45, 2.75) is 32.6 Å². The van der Waals surface area contributed by atoms with E-state index in [-0.39, 0.29) is 6.42 Å². The lowest BCUT2D eigenvalue weighted by Crippen LogP contribution is -2.00. The number of fused-ring (bicyclic) bond motifs is 1. The molecule has 0 aliphatic carbocycles. The fourth-order valence-electron chi connectivity index (χ4n) is 3.42. The van der Waals surface area contributed by atoms with Gasteiger partial charge in [0.05, 0.1) is 22.5 Å². The standard InChI is InChI=1S/C24H24N2O3S/c1-17-8-10-18(11-9-17)26-21-16-19(29-14-4-2-3-7-23(27)28)12-13-20(21)25-24(26)22-6-5-15-30-22/h5-6,8-13,15-16H,2-4,7,14H2,1H3,(H,27,28). The first-order valence-electron chi connectivity index (χ1n) is 10.1. The van der Waals surface area contributed by atoms with Gasteiger partial charge in [0.25, 0.3) is 0 Å². The number of ether oxygens (including phenoxy) is 1. The number of unbranched alkanes of at least 4 members (excludes halogenated alkanes) is 2. The fourth-order valence-corrected chi connectivity index (χ4v) is 4.12. The Balaban J connectivity index is 1.61. The van der Waals surface area contributed by atoms with Crippen LogP contribution in [0.1, 0.15) is 31.2 Å². The van der Waals surface area contributed by atoms with Gasteiger partial charge < -0.3 is 9.84 Å². The van der Waals surface area contributed by atoms with E-state index in [0.717, 1.165) is 46.0 Å². The third-order valence-corrected chi connectivity index (χ3v) is 5.83. The lowest BCUT2D eigenvalue weighted by Gasteiger charge is -2.10. The van der Waals surface area contributed by atoms with Crippen LogP contribution in [0.3, 0.4) is 0 Å². The summed E-state index contributed by atoms with van der Waals surface area (Å²) in [6.07, 6.45) is 2.58. The summed E-state index contributed by atoms with van der Waals surface area (Å²) in [7, 11) is 0. The largest absolute Gasteiger partial charge is 0.494 e. The van der Waals surface area contributed by atoms with Gasteiger partial charge in [-0.2, -0.15) is 0 Å². The van der Waals surface area contributed by atoms with Gasteiger partial charge in [-0.05, 0) is 61.9 Å². The second-order valence-electron chi connectivity index (χ2n) is 7.29. The molecule has 2 aromatic heterocycles. The molecule has 0 atom stereocenters. The number of aryl methyl sites for hydroxylation is 1. The van der Waals surface area contributed by atoms with Crippen LogP contribution < -0.4 is 4.74 Å². The van der Waals surface area contributed by atoms with Gasteiger partial charge in [-0.1, -0.05) is 23.8 Å². The van der Waals surface area contributed by atoms with Crippen molar-refractivity contribution in [1.82, 2.24) is 9.55 Å². The zero-order chi connectivity index (χ0) is 20.9. The van der Waals surface area contributed by atoms with Crippen molar-refractivity contribution < 1.29 is 14.6 Å². The number of carboxylic acid groups (broad SMARTS) is 1. The van der Waals surface area contributed by atoms with E-state index in [1.807, 2.05) is 24.3 Å². The molecule has 0 aliphatic rings. The first kappa shape index (κ1) is 20.2. The van der Waals surface area contributed by atoms with Crippen LogP contribution in [-0.4, -0.2) is 27.2 Å². The molecule has 2 heterocycles. The fraction of sp³-hybridized carbons (Fsp3) is 0.250. The molecular formula is C24H24N2O3S. The van der Waals surface area contributed by atoms with Gasteiger partial charge in [0.15, 0.2) is 5.82 Å². The molecule has 0 radical (unpaired) electrons. The third-order valence-electron chi connectivity index (χ3n) is 4.96. The summed E-state index contributed by atoms with van der Waals surface area (Å²) in [5, 5.41) is 10.8. The number of rotatable bonds is 9. The highest BCUT2D eigenvalue weighted by molar-refractivity contribution is 7.13. The number of imidazole rings is 1. The van der Waals surface area contributed by atoms with Crippen LogP contribution in [0.4, 0.5) is 0 Å². The van der Waals surface area contributed by atoms with E-state index in [2.05, 4.69) is 47.2 Å². The molecule has 0 spiro atoms. The number of hydrogen-bond donors (Lipinski definition) is 1. The van der Waals surface area contributed by atoms with Crippen molar-refractivity contribution >= 4 is 28.3 Å². The molecule has 1 N–H and O–H groups in total. The molecule has 0 amide bonds. The minimum atomic E-state index is -0.743. The van der Waals surface area contributed by atoms with E-state index >= 15 is 0 Å². The Morgan fingerprint density at radius 3 is 2.67 bits per heavy atom. The predicted molar refractivity (Wildman–Crippen MR) is 121 cm³/mol. The number of aromatic nitrogens is 2. The van der Waals surface area contributed by atoms with Gasteiger partial charge in [0.1, 0.15) is 5.75 Å². The minimum absolute atomic E-state index is 0.215. The number of carboxylic acids is 1. The lowest BCUT2D eigenvalue weighted by molar-refractivity contribution is -0.137. The predicted octanol–water partition coefficient (Wildman–Crippen LogP) is 6.09. The maximum atomic E-state index is 10.6. The molecule has 0 bridgehead atoms. The highest BCUT2D eigenvalue weighted by Gasteiger charge is 2.16. The first-order chi connectivity index (χ1) is 14.6. The Morgan fingerprint density at radius 1 is 1.10 bits per heavy atom. The Hall–Kier alpha value is -3.12. The minimum Gasteiger partial charge on any atom is -0.494 e. The average molecular weight is 421 g/mol. The molecule has 0 unspecified atom stereocenters. The van der Waals surface area contributed by atoms with Crippen LogP contribution in [0.5, 0.6) is 5.75 Å². The Kier molecular flexibility index (Phi) is 6.14. The van der Waals surface area contributed by atoms with Crippen LogP contribution in [-0.2, 0) is 4.79 Å². The SMILES string of the molecule is Cc1ccc(-n2c(-c3cccs3)nc3ccc(OCCCCCC(=O)O)cc32)cc1. The van der Waals surface area contributed by atoms with Gasteiger partial charge in [-0.15, -0.1) is 11.3 Å². The van der Waals surface area contributed by atoms with E-state index in [9.17, 15) is 4.79 Å². The van der Waals surface area contributed by atoms with Crippen molar-refractivity contribution in [3.05, 3.63) is 65.5 Å². The monoisotopic (exact) mass is 420 g/mol. The van der Waals surface area contributed by atoms with E-state index in [0.29, 0.717) is 13.0 Å². The molecule has 0 fully saturated rings. The molecule has 30 heavy (non-hydrogen) atoms. The van der Waals surface area contributed by atoms with Crippen molar-refractivity contribution in [2.24, 2.45) is 0 Å². The quantitative estimate of drug-likeness (QED) is 0.333. The van der Waals surface area contributed by atoms with E-state index in [4.69, 9.17) is 14.8 Å². The second-order valence-corrected chi connectivity index (χ2v) is 8.23. The topological polar surface area (TPSA) is 64.4 Å². The number of nitrogens with zero attached hydrogens (tertiary/aromatic N) is 2. The number of carbonyl (C=O) groups is 1. The summed E-state index contributed by atoms with van der Waals surface area (Å²) >= 11 is 1.67. The molecule has 0 saturated carbocycles. The molecule has 4 aromatic rings. The summed E-state index contributed by atoms with van der Waals surface area (Å²) in [5.41, 5.74) is 4.21. The Labute approximate surface area is 179 Å². The maximum absolute atomic E-state index is 10.6. The number of aliphatic carboxylic acids is 1. The van der Waals surface area contributed by atoms with Gasteiger partial charge in [0.2, 0.25) is 0 Å². The van der Waals surface area contributed by atoms with Crippen LogP contribution in [0.15, 0.2) is 60.0 Å². The third kappa shape index (κ3) is 4.54. The van der Waals surface area contributed by atoms with Crippen LogP contribution in [0.25, 0.3) is 27.4 Å². The molecule has 154 valence electrons. The Morgan fingerprint density at radius 2 is 1.93 bits per heavy atom. The van der Waals surface area contributed by atoms with Crippen molar-refractivity contribution in [3.63, 3.8) is 0 Å². The van der Waals surface area contributed by atoms with Crippen molar-refractivity contribution in [1.29, 1.82) is 0 Å². The van der Waals surface area contributed by atoms with E-state index in [1.54, 1.807) is 11.3 Å². The number of benzene rings is 2. The second kappa shape index (κ2) is 9.13. The zero-order valence-corrected chi connectivity index (χ0v) is 17.7. The molecular weight excluding hydrogens is 396 g/mol. The normalized spacial score (nSPS) is 11.1. The van der Waals surface area contributed by atoms with Crippen LogP contribution in [0.2, 0.25) is 0 Å². The first-order valence-corrected chi connectivity index (χ1v) is 11.0. The van der Waals surface area contributed by atoms with Crippen LogP contribution >= 0.6 is 11.3 Å². The molecule has 6 heteroatoms. The zero-order valence-electron chi connectivity index (χ0n) is 16.9. The number of thiophene rings is 1. The van der Waals surface area contributed by atoms with E-state index < -0.39 is 5.97 Å². The summed E-state index contributed by atoms with van der Waals surface area (Å²) in [5.74, 6) is 0.980. The molecule has 5 nitrogen and oxygen atoms in total.